The Morgan fingerprint density at radius 2 is 2.05 bits per heavy atom. The van der Waals surface area contributed by atoms with Crippen molar-refractivity contribution in [2.45, 2.75) is 38.5 Å². The van der Waals surface area contributed by atoms with Crippen LogP contribution in [-0.4, -0.2) is 12.5 Å². The molecule has 21 heavy (non-hydrogen) atoms. The standard InChI is InChI=1S/C16H20N2O3/c19-16(12-6-2-1-3-7-12)17-11-10-15-18(20)13-8-4-5-9-14(13)21-15/h4-5,8-9,12H,1-3,6-7,10-11H2,(H,17,19). The van der Waals surface area contributed by atoms with E-state index in [9.17, 15) is 10.0 Å². The lowest BCUT2D eigenvalue weighted by Crippen LogP contribution is -2.36. The Kier molecular flexibility index (Phi) is 4.08. The van der Waals surface area contributed by atoms with Crippen LogP contribution in [0.25, 0.3) is 11.1 Å². The number of carbonyl (C=O) groups excluding carboxylic acids is 1. The van der Waals surface area contributed by atoms with Crippen LogP contribution < -0.4 is 10.0 Å². The van der Waals surface area contributed by atoms with E-state index in [1.807, 2.05) is 6.07 Å². The number of aromatic nitrogens is 1. The molecule has 1 saturated carbocycles. The number of hydrogen-bond donors (Lipinski definition) is 1. The second-order valence-electron chi connectivity index (χ2n) is 5.63. The maximum atomic E-state index is 12.0. The van der Waals surface area contributed by atoms with E-state index >= 15 is 0 Å². The molecular weight excluding hydrogens is 268 g/mol. The molecule has 112 valence electrons. The van der Waals surface area contributed by atoms with Crippen LogP contribution in [0.3, 0.4) is 0 Å². The van der Waals surface area contributed by atoms with Crippen molar-refractivity contribution in [3.8, 4) is 0 Å². The van der Waals surface area contributed by atoms with Gasteiger partial charge in [-0.2, -0.15) is 0 Å². The largest absolute Gasteiger partial charge is 0.616 e. The minimum Gasteiger partial charge on any atom is -0.616 e. The van der Waals surface area contributed by atoms with Crippen LogP contribution in [-0.2, 0) is 11.2 Å². The molecule has 1 aliphatic rings. The number of oxazole rings is 1. The van der Waals surface area contributed by atoms with Gasteiger partial charge < -0.3 is 14.9 Å². The van der Waals surface area contributed by atoms with Gasteiger partial charge in [0.05, 0.1) is 6.42 Å². The Morgan fingerprint density at radius 1 is 1.29 bits per heavy atom. The van der Waals surface area contributed by atoms with Gasteiger partial charge in [0, 0.05) is 18.5 Å². The number of nitrogens with one attached hydrogen (secondary N) is 1. The summed E-state index contributed by atoms with van der Waals surface area (Å²) in [7, 11) is 0. The molecule has 0 unspecified atom stereocenters. The van der Waals surface area contributed by atoms with Gasteiger partial charge in [0.1, 0.15) is 0 Å². The minimum absolute atomic E-state index is 0.114. The number of carbonyl (C=O) groups is 1. The summed E-state index contributed by atoms with van der Waals surface area (Å²) >= 11 is 0. The van der Waals surface area contributed by atoms with E-state index in [4.69, 9.17) is 4.42 Å². The first-order valence-corrected chi connectivity index (χ1v) is 7.63. The summed E-state index contributed by atoms with van der Waals surface area (Å²) in [5, 5.41) is 14.9. The highest BCUT2D eigenvalue weighted by molar-refractivity contribution is 5.78. The van der Waals surface area contributed by atoms with Gasteiger partial charge in [0.2, 0.25) is 11.5 Å². The predicted octanol–water partition coefficient (Wildman–Crippen LogP) is 2.31. The monoisotopic (exact) mass is 288 g/mol. The number of fused-ring (bicyclic) bond motifs is 1. The van der Waals surface area contributed by atoms with Gasteiger partial charge in [0.15, 0.2) is 0 Å². The average Bonchev–Trinajstić information content (AvgIpc) is 2.85. The first kappa shape index (κ1) is 13.9. The third-order valence-electron chi connectivity index (χ3n) is 4.15. The third-order valence-corrected chi connectivity index (χ3v) is 4.15. The smallest absolute Gasteiger partial charge is 0.361 e. The Bertz CT molecular complexity index is 629. The number of rotatable bonds is 4. The summed E-state index contributed by atoms with van der Waals surface area (Å²) in [5.74, 6) is 0.609. The van der Waals surface area contributed by atoms with Crippen LogP contribution in [0.2, 0.25) is 0 Å². The van der Waals surface area contributed by atoms with Gasteiger partial charge in [-0.1, -0.05) is 31.4 Å². The summed E-state index contributed by atoms with van der Waals surface area (Å²) in [6, 6.07) is 7.14. The summed E-state index contributed by atoms with van der Waals surface area (Å²) in [6.07, 6.45) is 5.90. The van der Waals surface area contributed by atoms with E-state index in [1.165, 1.54) is 6.42 Å². The van der Waals surface area contributed by atoms with Crippen LogP contribution in [0.4, 0.5) is 0 Å². The summed E-state index contributed by atoms with van der Waals surface area (Å²) in [4.78, 5) is 12.0. The summed E-state index contributed by atoms with van der Waals surface area (Å²) in [6.45, 7) is 0.442. The van der Waals surface area contributed by atoms with Crippen molar-refractivity contribution in [3.05, 3.63) is 35.4 Å². The molecule has 0 bridgehead atoms. The quantitative estimate of drug-likeness (QED) is 0.693. The highest BCUT2D eigenvalue weighted by atomic mass is 16.5. The Balaban J connectivity index is 1.56. The predicted molar refractivity (Wildman–Crippen MR) is 78.5 cm³/mol. The number of amides is 1. The van der Waals surface area contributed by atoms with Crippen molar-refractivity contribution in [1.82, 2.24) is 5.32 Å². The van der Waals surface area contributed by atoms with Crippen molar-refractivity contribution in [1.29, 1.82) is 0 Å². The summed E-state index contributed by atoms with van der Waals surface area (Å²) in [5.41, 5.74) is 1.12. The molecule has 0 saturated heterocycles. The Morgan fingerprint density at radius 3 is 2.81 bits per heavy atom. The number of nitrogens with zero attached hydrogens (tertiary/aromatic N) is 1. The zero-order chi connectivity index (χ0) is 14.7. The normalized spacial score (nSPS) is 16.2. The number of benzene rings is 1. The van der Waals surface area contributed by atoms with Crippen LogP contribution in [0, 0.1) is 11.1 Å². The maximum absolute atomic E-state index is 12.0. The van der Waals surface area contributed by atoms with E-state index in [1.54, 1.807) is 18.2 Å². The van der Waals surface area contributed by atoms with Crippen molar-refractivity contribution in [3.63, 3.8) is 0 Å². The molecule has 3 rings (SSSR count). The molecule has 5 heteroatoms. The number of hydrogen-bond acceptors (Lipinski definition) is 3. The van der Waals surface area contributed by atoms with E-state index in [0.717, 1.165) is 30.4 Å². The van der Waals surface area contributed by atoms with E-state index in [2.05, 4.69) is 5.32 Å². The summed E-state index contributed by atoms with van der Waals surface area (Å²) < 4.78 is 6.33. The fourth-order valence-electron chi connectivity index (χ4n) is 2.97. The SMILES string of the molecule is O=C(NCCc1oc2ccccc2[n+]1[O-])C1CCCCC1. The molecule has 1 aromatic heterocycles. The maximum Gasteiger partial charge on any atom is 0.361 e. The lowest BCUT2D eigenvalue weighted by molar-refractivity contribution is -0.592. The molecular formula is C16H20N2O3. The van der Waals surface area contributed by atoms with E-state index in [0.29, 0.717) is 30.0 Å². The molecule has 1 N–H and O–H groups in total. The van der Waals surface area contributed by atoms with Crippen molar-refractivity contribution < 1.29 is 13.9 Å². The van der Waals surface area contributed by atoms with E-state index in [-0.39, 0.29) is 11.8 Å². The molecule has 1 aromatic carbocycles. The van der Waals surface area contributed by atoms with E-state index < -0.39 is 0 Å². The fraction of sp³-hybridized carbons (Fsp3) is 0.500. The lowest BCUT2D eigenvalue weighted by Gasteiger charge is -2.20. The molecule has 0 spiro atoms. The zero-order valence-corrected chi connectivity index (χ0v) is 12.0. The average molecular weight is 288 g/mol. The van der Waals surface area contributed by atoms with Gasteiger partial charge in [-0.05, 0) is 18.9 Å². The molecule has 0 aliphatic heterocycles. The lowest BCUT2D eigenvalue weighted by atomic mass is 9.89. The van der Waals surface area contributed by atoms with Gasteiger partial charge in [-0.3, -0.25) is 4.79 Å². The fourth-order valence-corrected chi connectivity index (χ4v) is 2.97. The van der Waals surface area contributed by atoms with Crippen LogP contribution in [0.15, 0.2) is 28.7 Å². The molecule has 0 radical (unpaired) electrons. The molecule has 1 fully saturated rings. The Labute approximate surface area is 123 Å². The van der Waals surface area contributed by atoms with Gasteiger partial charge >= 0.3 is 5.89 Å². The van der Waals surface area contributed by atoms with Crippen molar-refractivity contribution in [2.24, 2.45) is 5.92 Å². The molecule has 1 heterocycles. The topological polar surface area (TPSA) is 69.2 Å². The highest BCUT2D eigenvalue weighted by Crippen LogP contribution is 2.23. The van der Waals surface area contributed by atoms with Crippen molar-refractivity contribution >= 4 is 17.0 Å². The van der Waals surface area contributed by atoms with Gasteiger partial charge in [0.25, 0.3) is 5.52 Å². The van der Waals surface area contributed by atoms with Gasteiger partial charge in [-0.25, -0.2) is 0 Å². The minimum atomic E-state index is 0.114. The molecule has 2 aromatic rings. The number of para-hydroxylation sites is 2. The Hall–Kier alpha value is -2.04. The second kappa shape index (κ2) is 6.16. The molecule has 0 atom stereocenters. The molecule has 5 nitrogen and oxygen atoms in total. The van der Waals surface area contributed by atoms with Gasteiger partial charge in [-0.15, -0.1) is 4.73 Å². The van der Waals surface area contributed by atoms with Crippen molar-refractivity contribution in [2.75, 3.05) is 6.54 Å². The first-order chi connectivity index (χ1) is 10.3. The molecule has 1 amide bonds. The van der Waals surface area contributed by atoms with Crippen LogP contribution in [0.1, 0.15) is 38.0 Å². The molecule has 1 aliphatic carbocycles. The second-order valence-corrected chi connectivity index (χ2v) is 5.63. The highest BCUT2D eigenvalue weighted by Gasteiger charge is 2.22. The van der Waals surface area contributed by atoms with Crippen LogP contribution in [0.5, 0.6) is 0 Å². The first-order valence-electron chi connectivity index (χ1n) is 7.63. The van der Waals surface area contributed by atoms with Crippen LogP contribution >= 0.6 is 0 Å². The zero-order valence-electron chi connectivity index (χ0n) is 12.0. The third kappa shape index (κ3) is 3.01.